The predicted molar refractivity (Wildman–Crippen MR) is 210 cm³/mol. The molecule has 2 aromatic heterocycles. The lowest BCUT2D eigenvalue weighted by Crippen LogP contribution is -2.00. The average molecular weight is 639 g/mol. The first-order valence-electron chi connectivity index (χ1n) is 16.6. The molecule has 7 aromatic carbocycles. The molecular formula is C46H30N4. The van der Waals surface area contributed by atoms with E-state index >= 15 is 0 Å². The van der Waals surface area contributed by atoms with Crippen molar-refractivity contribution in [1.29, 1.82) is 0 Å². The smallest absolute Gasteiger partial charge is 0.161 e. The summed E-state index contributed by atoms with van der Waals surface area (Å²) >= 11 is 0. The van der Waals surface area contributed by atoms with Gasteiger partial charge in [-0.2, -0.15) is 0 Å². The van der Waals surface area contributed by atoms with Gasteiger partial charge in [-0.3, -0.25) is 0 Å². The molecule has 50 heavy (non-hydrogen) atoms. The summed E-state index contributed by atoms with van der Waals surface area (Å²) in [5.41, 5.74) is 8.09. The van der Waals surface area contributed by atoms with E-state index < -0.39 is 0 Å². The molecule has 0 spiro atoms. The summed E-state index contributed by atoms with van der Waals surface area (Å²) < 4.78 is 0. The molecule has 9 rings (SSSR count). The van der Waals surface area contributed by atoms with Gasteiger partial charge in [0.05, 0.1) is 22.6 Å². The minimum atomic E-state index is 0.621. The normalized spacial score (nSPS) is 11.4. The van der Waals surface area contributed by atoms with Gasteiger partial charge in [-0.15, -0.1) is 0 Å². The van der Waals surface area contributed by atoms with Crippen molar-refractivity contribution >= 4 is 55.4 Å². The summed E-state index contributed by atoms with van der Waals surface area (Å²) in [5.74, 6) is 1.32. The Morgan fingerprint density at radius 1 is 0.400 bits per heavy atom. The summed E-state index contributed by atoms with van der Waals surface area (Å²) in [6, 6.07) is 50.5. The fraction of sp³-hybridized carbons (Fsp3) is 0. The first-order chi connectivity index (χ1) is 24.7. The topological polar surface area (TPSA) is 51.6 Å². The van der Waals surface area contributed by atoms with Crippen LogP contribution in [-0.4, -0.2) is 19.9 Å². The molecule has 234 valence electrons. The molecule has 2 heterocycles. The largest absolute Gasteiger partial charge is 0.228 e. The molecule has 0 saturated carbocycles. The lowest BCUT2D eigenvalue weighted by molar-refractivity contribution is 1.16. The number of aromatic nitrogens is 4. The zero-order valence-corrected chi connectivity index (χ0v) is 27.2. The standard InChI is InChI=1S/C46H30N4/c1-3-35-41(4-2)47-45(49-44(35)34-26-21-29-13-5-6-14-32(29)27-34)31-24-22-30(23-25-31)43-39-19-11-12-20-42(39)48-46(50-43)40-28-33-15-7-8-16-36(33)37-17-9-10-18-38(37)40/h3-28H,1-2H2. The Morgan fingerprint density at radius 2 is 1.02 bits per heavy atom. The summed E-state index contributed by atoms with van der Waals surface area (Å²) in [5, 5.41) is 8.02. The Morgan fingerprint density at radius 3 is 1.80 bits per heavy atom. The van der Waals surface area contributed by atoms with E-state index in [1.165, 1.54) is 16.2 Å². The van der Waals surface area contributed by atoms with Gasteiger partial charge in [0.1, 0.15) is 0 Å². The van der Waals surface area contributed by atoms with Gasteiger partial charge in [-0.1, -0.05) is 147 Å². The molecule has 0 amide bonds. The number of para-hydroxylation sites is 1. The Bertz CT molecular complexity index is 2800. The first-order valence-corrected chi connectivity index (χ1v) is 16.6. The average Bonchev–Trinajstić information content (AvgIpc) is 3.19. The Kier molecular flexibility index (Phi) is 7.07. The van der Waals surface area contributed by atoms with Crippen molar-refractivity contribution in [2.75, 3.05) is 0 Å². The maximum atomic E-state index is 5.26. The molecule has 0 N–H and O–H groups in total. The third-order valence-corrected chi connectivity index (χ3v) is 9.42. The Hall–Kier alpha value is -6.78. The number of nitrogens with zero attached hydrogens (tertiary/aromatic N) is 4. The molecule has 4 heteroatoms. The lowest BCUT2D eigenvalue weighted by atomic mass is 9.96. The van der Waals surface area contributed by atoms with Gasteiger partial charge in [0, 0.05) is 33.2 Å². The maximum absolute atomic E-state index is 5.26. The molecule has 0 fully saturated rings. The number of hydrogen-bond donors (Lipinski definition) is 0. The van der Waals surface area contributed by atoms with Gasteiger partial charge in [0.15, 0.2) is 11.6 Å². The van der Waals surface area contributed by atoms with E-state index in [-0.39, 0.29) is 0 Å². The molecule has 0 aliphatic heterocycles. The molecule has 0 aliphatic rings. The van der Waals surface area contributed by atoms with Crippen LogP contribution in [0.3, 0.4) is 0 Å². The fourth-order valence-corrected chi connectivity index (χ4v) is 6.96. The van der Waals surface area contributed by atoms with Crippen LogP contribution < -0.4 is 0 Å². The van der Waals surface area contributed by atoms with Crippen LogP contribution in [0.25, 0.3) is 101 Å². The van der Waals surface area contributed by atoms with Crippen molar-refractivity contribution in [3.05, 3.63) is 170 Å². The van der Waals surface area contributed by atoms with Crippen LogP contribution in [0.4, 0.5) is 0 Å². The van der Waals surface area contributed by atoms with Crippen molar-refractivity contribution in [1.82, 2.24) is 19.9 Å². The second-order valence-corrected chi connectivity index (χ2v) is 12.3. The van der Waals surface area contributed by atoms with Crippen LogP contribution in [0.1, 0.15) is 11.3 Å². The van der Waals surface area contributed by atoms with E-state index in [4.69, 9.17) is 19.9 Å². The van der Waals surface area contributed by atoms with Crippen molar-refractivity contribution in [2.24, 2.45) is 0 Å². The summed E-state index contributed by atoms with van der Waals surface area (Å²) in [7, 11) is 0. The van der Waals surface area contributed by atoms with E-state index in [2.05, 4.69) is 147 Å². The van der Waals surface area contributed by atoms with Crippen LogP contribution >= 0.6 is 0 Å². The zero-order chi connectivity index (χ0) is 33.6. The predicted octanol–water partition coefficient (Wildman–Crippen LogP) is 11.8. The summed E-state index contributed by atoms with van der Waals surface area (Å²) in [6.45, 7) is 8.14. The van der Waals surface area contributed by atoms with Crippen LogP contribution in [-0.2, 0) is 0 Å². The second-order valence-electron chi connectivity index (χ2n) is 12.3. The molecule has 0 aliphatic carbocycles. The van der Waals surface area contributed by atoms with E-state index in [0.717, 1.165) is 72.0 Å². The quantitative estimate of drug-likeness (QED) is 0.170. The summed E-state index contributed by atoms with van der Waals surface area (Å²) in [4.78, 5) is 20.4. The lowest BCUT2D eigenvalue weighted by Gasteiger charge is -2.14. The third kappa shape index (κ3) is 4.94. The second kappa shape index (κ2) is 12.0. The van der Waals surface area contributed by atoms with Crippen LogP contribution in [0, 0.1) is 0 Å². The molecule has 0 bridgehead atoms. The van der Waals surface area contributed by atoms with E-state index in [0.29, 0.717) is 11.6 Å². The highest BCUT2D eigenvalue weighted by molar-refractivity contribution is 6.13. The van der Waals surface area contributed by atoms with Crippen molar-refractivity contribution in [2.45, 2.75) is 0 Å². The highest BCUT2D eigenvalue weighted by atomic mass is 14.9. The number of fused-ring (bicyclic) bond motifs is 5. The van der Waals surface area contributed by atoms with Crippen molar-refractivity contribution < 1.29 is 0 Å². The highest BCUT2D eigenvalue weighted by Gasteiger charge is 2.17. The molecule has 0 atom stereocenters. The van der Waals surface area contributed by atoms with Gasteiger partial charge in [0.25, 0.3) is 0 Å². The molecule has 9 aromatic rings. The van der Waals surface area contributed by atoms with Crippen molar-refractivity contribution in [3.8, 4) is 45.3 Å². The third-order valence-electron chi connectivity index (χ3n) is 9.42. The minimum Gasteiger partial charge on any atom is -0.228 e. The van der Waals surface area contributed by atoms with Crippen LogP contribution in [0.15, 0.2) is 159 Å². The Labute approximate surface area is 289 Å². The number of rotatable bonds is 6. The van der Waals surface area contributed by atoms with Gasteiger partial charge in [0.2, 0.25) is 0 Å². The van der Waals surface area contributed by atoms with E-state index in [1.807, 2.05) is 18.2 Å². The number of hydrogen-bond acceptors (Lipinski definition) is 4. The highest BCUT2D eigenvalue weighted by Crippen LogP contribution is 2.37. The van der Waals surface area contributed by atoms with E-state index in [9.17, 15) is 0 Å². The molecule has 0 radical (unpaired) electrons. The zero-order valence-electron chi connectivity index (χ0n) is 27.2. The van der Waals surface area contributed by atoms with Gasteiger partial charge in [-0.25, -0.2) is 19.9 Å². The number of benzene rings is 7. The minimum absolute atomic E-state index is 0.621. The molecule has 4 nitrogen and oxygen atoms in total. The van der Waals surface area contributed by atoms with Crippen molar-refractivity contribution in [3.63, 3.8) is 0 Å². The van der Waals surface area contributed by atoms with E-state index in [1.54, 1.807) is 6.08 Å². The first kappa shape index (κ1) is 29.4. The van der Waals surface area contributed by atoms with Gasteiger partial charge in [-0.05, 0) is 56.6 Å². The molecule has 0 unspecified atom stereocenters. The van der Waals surface area contributed by atoms with Gasteiger partial charge < -0.3 is 0 Å². The molecule has 0 saturated heterocycles. The van der Waals surface area contributed by atoms with Crippen LogP contribution in [0.5, 0.6) is 0 Å². The SMILES string of the molecule is C=Cc1nc(-c2ccc(-c3nc(-c4cc5ccccc5c5ccccc45)nc4ccccc34)cc2)nc(-c2ccc3ccccc3c2)c1C=C. The van der Waals surface area contributed by atoms with Gasteiger partial charge >= 0.3 is 0 Å². The fourth-order valence-electron chi connectivity index (χ4n) is 6.96. The maximum Gasteiger partial charge on any atom is 0.161 e. The van der Waals surface area contributed by atoms with Crippen LogP contribution in [0.2, 0.25) is 0 Å². The monoisotopic (exact) mass is 638 g/mol. The molecular weight excluding hydrogens is 609 g/mol. The summed E-state index contributed by atoms with van der Waals surface area (Å²) in [6.07, 6.45) is 3.58. The Balaban J connectivity index is 1.18.